The molecule has 6 nitrogen and oxygen atoms in total. The predicted octanol–water partition coefficient (Wildman–Crippen LogP) is 4.75. The van der Waals surface area contributed by atoms with Crippen LogP contribution >= 0.6 is 22.9 Å². The Morgan fingerprint density at radius 3 is 2.67 bits per heavy atom. The highest BCUT2D eigenvalue weighted by molar-refractivity contribution is 7.10. The average molecular weight is 441 g/mol. The zero-order chi connectivity index (χ0) is 20.9. The largest absolute Gasteiger partial charge is 0.351 e. The van der Waals surface area contributed by atoms with Crippen LogP contribution in [0.1, 0.15) is 59.1 Å². The fourth-order valence-electron chi connectivity index (χ4n) is 3.89. The number of benzene rings is 1. The van der Waals surface area contributed by atoms with Crippen molar-refractivity contribution in [1.29, 1.82) is 0 Å². The Morgan fingerprint density at radius 1 is 1.17 bits per heavy atom. The SMILES string of the molecule is Cc1cccc(N(C(=O)c2csnn2)[C@H](C(=O)NC2CCCCC2)c2cccs2)c1. The molecule has 1 fully saturated rings. The van der Waals surface area contributed by atoms with Crippen molar-refractivity contribution in [3.63, 3.8) is 0 Å². The summed E-state index contributed by atoms with van der Waals surface area (Å²) in [5, 5.41) is 10.7. The molecule has 3 aromatic rings. The van der Waals surface area contributed by atoms with Crippen molar-refractivity contribution in [2.45, 2.75) is 51.1 Å². The van der Waals surface area contributed by atoms with E-state index in [0.717, 1.165) is 47.7 Å². The second-order valence-corrected chi connectivity index (χ2v) is 9.15. The molecular formula is C22H24N4O2S2. The van der Waals surface area contributed by atoms with Gasteiger partial charge in [0, 0.05) is 22.0 Å². The highest BCUT2D eigenvalue weighted by Crippen LogP contribution is 2.33. The molecule has 1 aliphatic carbocycles. The standard InChI is InChI=1S/C22H24N4O2S2/c1-15-7-5-10-17(13-15)26(22(28)18-14-30-25-24-18)20(19-11-6-12-29-19)21(27)23-16-8-3-2-4-9-16/h5-7,10-14,16,20H,2-4,8-9H2,1H3,(H,23,27)/t20-/m0/s1. The van der Waals surface area contributed by atoms with E-state index in [1.165, 1.54) is 17.8 Å². The first kappa shape index (κ1) is 20.7. The van der Waals surface area contributed by atoms with Crippen LogP contribution in [0.2, 0.25) is 0 Å². The van der Waals surface area contributed by atoms with E-state index in [-0.39, 0.29) is 23.6 Å². The fourth-order valence-corrected chi connectivity index (χ4v) is 5.13. The topological polar surface area (TPSA) is 75.2 Å². The van der Waals surface area contributed by atoms with Crippen molar-refractivity contribution in [2.24, 2.45) is 0 Å². The molecule has 0 saturated heterocycles. The molecule has 1 N–H and O–H groups in total. The Labute approximate surface area is 184 Å². The smallest absolute Gasteiger partial charge is 0.280 e. The summed E-state index contributed by atoms with van der Waals surface area (Å²) in [6, 6.07) is 10.9. The predicted molar refractivity (Wildman–Crippen MR) is 120 cm³/mol. The number of rotatable bonds is 6. The number of amides is 2. The Balaban J connectivity index is 1.74. The molecule has 1 aromatic carbocycles. The van der Waals surface area contributed by atoms with Crippen LogP contribution in [-0.2, 0) is 4.79 Å². The minimum absolute atomic E-state index is 0.151. The highest BCUT2D eigenvalue weighted by Gasteiger charge is 2.36. The minimum Gasteiger partial charge on any atom is -0.351 e. The van der Waals surface area contributed by atoms with Gasteiger partial charge in [-0.05, 0) is 60.4 Å². The Kier molecular flexibility index (Phi) is 6.54. The van der Waals surface area contributed by atoms with Crippen LogP contribution in [0.3, 0.4) is 0 Å². The van der Waals surface area contributed by atoms with Gasteiger partial charge in [0.1, 0.15) is 0 Å². The van der Waals surface area contributed by atoms with E-state index < -0.39 is 6.04 Å². The van der Waals surface area contributed by atoms with Gasteiger partial charge >= 0.3 is 0 Å². The number of thiophene rings is 1. The maximum atomic E-state index is 13.6. The summed E-state index contributed by atoms with van der Waals surface area (Å²) in [6.07, 6.45) is 5.43. The molecule has 0 unspecified atom stereocenters. The summed E-state index contributed by atoms with van der Waals surface area (Å²) in [7, 11) is 0. The first-order valence-electron chi connectivity index (χ1n) is 10.1. The summed E-state index contributed by atoms with van der Waals surface area (Å²) < 4.78 is 3.84. The van der Waals surface area contributed by atoms with Crippen LogP contribution in [0.25, 0.3) is 0 Å². The quantitative estimate of drug-likeness (QED) is 0.600. The number of carbonyl (C=O) groups is 2. The van der Waals surface area contributed by atoms with Crippen LogP contribution in [-0.4, -0.2) is 27.4 Å². The van der Waals surface area contributed by atoms with Gasteiger partial charge in [0.2, 0.25) is 5.91 Å². The Bertz CT molecular complexity index is 983. The summed E-state index contributed by atoms with van der Waals surface area (Å²) in [4.78, 5) is 29.4. The molecule has 0 aliphatic heterocycles. The van der Waals surface area contributed by atoms with Gasteiger partial charge < -0.3 is 5.32 Å². The van der Waals surface area contributed by atoms with E-state index in [2.05, 4.69) is 14.9 Å². The van der Waals surface area contributed by atoms with Crippen molar-refractivity contribution < 1.29 is 9.59 Å². The van der Waals surface area contributed by atoms with Crippen LogP contribution < -0.4 is 10.2 Å². The summed E-state index contributed by atoms with van der Waals surface area (Å²) >= 11 is 2.60. The number of anilines is 1. The lowest BCUT2D eigenvalue weighted by Gasteiger charge is -2.32. The lowest BCUT2D eigenvalue weighted by atomic mass is 9.95. The number of aromatic nitrogens is 2. The van der Waals surface area contributed by atoms with Crippen LogP contribution in [0.4, 0.5) is 5.69 Å². The zero-order valence-corrected chi connectivity index (χ0v) is 18.4. The van der Waals surface area contributed by atoms with Gasteiger partial charge in [-0.25, -0.2) is 0 Å². The van der Waals surface area contributed by atoms with Crippen molar-refractivity contribution >= 4 is 40.4 Å². The van der Waals surface area contributed by atoms with E-state index in [1.54, 1.807) is 10.3 Å². The Hall–Kier alpha value is -2.58. The van der Waals surface area contributed by atoms with Crippen molar-refractivity contribution in [1.82, 2.24) is 14.9 Å². The molecule has 30 heavy (non-hydrogen) atoms. The van der Waals surface area contributed by atoms with Crippen molar-refractivity contribution in [3.05, 3.63) is 63.3 Å². The molecule has 0 bridgehead atoms. The summed E-state index contributed by atoms with van der Waals surface area (Å²) in [5.74, 6) is -0.478. The van der Waals surface area contributed by atoms with Crippen molar-refractivity contribution in [2.75, 3.05) is 4.90 Å². The number of hydrogen-bond acceptors (Lipinski definition) is 6. The van der Waals surface area contributed by atoms with Gasteiger partial charge in [-0.1, -0.05) is 41.9 Å². The number of aryl methyl sites for hydroxylation is 1. The molecule has 156 valence electrons. The number of nitrogens with one attached hydrogen (secondary N) is 1. The van der Waals surface area contributed by atoms with Gasteiger partial charge in [0.05, 0.1) is 0 Å². The third-order valence-corrected chi connectivity index (χ3v) is 6.78. The van der Waals surface area contributed by atoms with Crippen LogP contribution in [0.15, 0.2) is 47.2 Å². The van der Waals surface area contributed by atoms with Gasteiger partial charge in [-0.3, -0.25) is 14.5 Å². The van der Waals surface area contributed by atoms with E-state index in [1.807, 2.05) is 48.7 Å². The highest BCUT2D eigenvalue weighted by atomic mass is 32.1. The molecule has 4 rings (SSSR count). The fraction of sp³-hybridized carbons (Fsp3) is 0.364. The van der Waals surface area contributed by atoms with Gasteiger partial charge in [0.15, 0.2) is 11.7 Å². The molecule has 0 spiro atoms. The molecule has 2 amide bonds. The van der Waals surface area contributed by atoms with E-state index in [9.17, 15) is 9.59 Å². The molecule has 1 atom stereocenters. The minimum atomic E-state index is -0.761. The lowest BCUT2D eigenvalue weighted by Crippen LogP contribution is -2.47. The summed E-state index contributed by atoms with van der Waals surface area (Å²) in [6.45, 7) is 1.97. The van der Waals surface area contributed by atoms with E-state index in [0.29, 0.717) is 5.69 Å². The third-order valence-electron chi connectivity index (χ3n) is 5.35. The van der Waals surface area contributed by atoms with Crippen LogP contribution in [0.5, 0.6) is 0 Å². The monoisotopic (exact) mass is 440 g/mol. The van der Waals surface area contributed by atoms with E-state index in [4.69, 9.17) is 0 Å². The van der Waals surface area contributed by atoms with Crippen molar-refractivity contribution in [3.8, 4) is 0 Å². The second-order valence-electron chi connectivity index (χ2n) is 7.57. The molecule has 2 aromatic heterocycles. The molecule has 2 heterocycles. The number of nitrogens with zero attached hydrogens (tertiary/aromatic N) is 3. The Morgan fingerprint density at radius 2 is 2.00 bits per heavy atom. The normalized spacial score (nSPS) is 15.5. The molecule has 1 aliphatic rings. The first-order valence-corrected chi connectivity index (χ1v) is 11.9. The third kappa shape index (κ3) is 4.60. The molecule has 1 saturated carbocycles. The number of hydrogen-bond donors (Lipinski definition) is 1. The second kappa shape index (κ2) is 9.49. The summed E-state index contributed by atoms with van der Waals surface area (Å²) in [5.41, 5.74) is 1.93. The van der Waals surface area contributed by atoms with Gasteiger partial charge in [0.25, 0.3) is 5.91 Å². The molecular weight excluding hydrogens is 416 g/mol. The maximum Gasteiger partial charge on any atom is 0.280 e. The first-order chi connectivity index (χ1) is 14.6. The maximum absolute atomic E-state index is 13.6. The molecule has 8 heteroatoms. The van der Waals surface area contributed by atoms with Gasteiger partial charge in [-0.2, -0.15) is 0 Å². The lowest BCUT2D eigenvalue weighted by molar-refractivity contribution is -0.123. The molecule has 0 radical (unpaired) electrons. The number of carbonyl (C=O) groups excluding carboxylic acids is 2. The zero-order valence-electron chi connectivity index (χ0n) is 16.8. The van der Waals surface area contributed by atoms with E-state index >= 15 is 0 Å². The van der Waals surface area contributed by atoms with Gasteiger partial charge in [-0.15, -0.1) is 16.4 Å². The van der Waals surface area contributed by atoms with Crippen LogP contribution in [0, 0.1) is 6.92 Å². The average Bonchev–Trinajstić information content (AvgIpc) is 3.46.